The predicted octanol–water partition coefficient (Wildman–Crippen LogP) is 8.85. The Morgan fingerprint density at radius 1 is 0.616 bits per heavy atom. The van der Waals surface area contributed by atoms with Crippen molar-refractivity contribution in [3.05, 3.63) is 107 Å². The van der Waals surface area contributed by atoms with Gasteiger partial charge in [0.05, 0.1) is 22.2 Å². The maximum atomic E-state index is 13.9. The fourth-order valence-corrected chi connectivity index (χ4v) is 12.2. The molecule has 73 heavy (non-hydrogen) atoms. The number of nitrogens with two attached hydrogens (primary N) is 1. The maximum Gasteiger partial charge on any atom is 0.268 e. The monoisotopic (exact) mass is 1020 g/mol. The number of hydrogen-bond acceptors (Lipinski definition) is 11. The standard InChI is InChI=1S/C27H31FN6O2.C20H28N6O.C7H4ClFO/c28-21-7-3-2-6-20(21)24(35)31-18-8-10-19(11-9-18)32-26-29-15-17-14-22-25(36)30-16-27(12-4-1-5-13-27)34(22)23(17)33-26;21-14-4-6-15(7-5-14)24-19-22-11-13-10-16-18(27)23-12-20(8-2-1-3-9-20)26(16)17(13)25-19;8-7(10)5-3-1-2-4-6(5)9/h2-3,6-7,14-15,18-19H,1,4-5,8-13,16H2,(H,30,36)(H,31,35)(H,29,32,33);10-11,14-15H,1-9,12,21H2,(H,23,27)(H,22,24,25);1-4H. The second-order valence-electron chi connectivity index (χ2n) is 20.8. The summed E-state index contributed by atoms with van der Waals surface area (Å²) < 4.78 is 30.9. The van der Waals surface area contributed by atoms with Crippen molar-refractivity contribution in [2.24, 2.45) is 5.73 Å². The van der Waals surface area contributed by atoms with Crippen LogP contribution in [0.25, 0.3) is 22.1 Å². The fraction of sp³-hybridized carbons (Fsp3) is 0.481. The van der Waals surface area contributed by atoms with E-state index in [-0.39, 0.29) is 52.0 Å². The minimum Gasteiger partial charge on any atom is -0.351 e. The number of carbonyl (C=O) groups is 4. The molecule has 2 aromatic carbocycles. The number of halogens is 3. The normalized spacial score (nSPS) is 22.8. The highest BCUT2D eigenvalue weighted by atomic mass is 35.5. The number of anilines is 2. The first-order valence-corrected chi connectivity index (χ1v) is 26.4. The van der Waals surface area contributed by atoms with Gasteiger partial charge in [0.2, 0.25) is 11.9 Å². The lowest BCUT2D eigenvalue weighted by molar-refractivity contribution is 0.0828. The van der Waals surface area contributed by atoms with Crippen LogP contribution in [0, 0.1) is 11.6 Å². The number of nitrogens with zero attached hydrogens (tertiary/aromatic N) is 6. The average molecular weight is 1020 g/mol. The summed E-state index contributed by atoms with van der Waals surface area (Å²) in [6.45, 7) is 1.36. The zero-order chi connectivity index (χ0) is 50.7. The van der Waals surface area contributed by atoms with E-state index in [1.54, 1.807) is 24.4 Å². The van der Waals surface area contributed by atoms with Crippen LogP contribution in [0.5, 0.6) is 0 Å². The van der Waals surface area contributed by atoms with Crippen LogP contribution < -0.4 is 32.3 Å². The molecule has 0 unspecified atom stereocenters. The van der Waals surface area contributed by atoms with Gasteiger partial charge in [-0.3, -0.25) is 19.2 Å². The number of rotatable bonds is 7. The van der Waals surface area contributed by atoms with E-state index in [9.17, 15) is 28.0 Å². The zero-order valence-electron chi connectivity index (χ0n) is 40.9. The quantitative estimate of drug-likeness (QED) is 0.0831. The third kappa shape index (κ3) is 10.6. The van der Waals surface area contributed by atoms with Crippen molar-refractivity contribution in [3.8, 4) is 0 Å². The Labute approximate surface area is 427 Å². The van der Waals surface area contributed by atoms with Crippen molar-refractivity contribution in [2.75, 3.05) is 23.7 Å². The highest BCUT2D eigenvalue weighted by molar-refractivity contribution is 6.67. The molecule has 2 aliphatic heterocycles. The molecule has 19 heteroatoms. The molecule has 0 saturated heterocycles. The Kier molecular flexibility index (Phi) is 14.7. The molecular formula is C54H63ClF2N12O4. The van der Waals surface area contributed by atoms with Gasteiger partial charge in [-0.2, -0.15) is 9.97 Å². The molecule has 4 aliphatic carbocycles. The Morgan fingerprint density at radius 3 is 1.48 bits per heavy atom. The van der Waals surface area contributed by atoms with Crippen LogP contribution in [-0.2, 0) is 11.1 Å². The topological polar surface area (TPSA) is 216 Å². The third-order valence-electron chi connectivity index (χ3n) is 15.9. The number of hydrogen-bond donors (Lipinski definition) is 6. The molecule has 0 atom stereocenters. The van der Waals surface area contributed by atoms with Gasteiger partial charge in [0.25, 0.3) is 23.0 Å². The van der Waals surface area contributed by atoms with Crippen molar-refractivity contribution in [2.45, 2.75) is 151 Å². The molecule has 6 heterocycles. The van der Waals surface area contributed by atoms with Crippen molar-refractivity contribution in [3.63, 3.8) is 0 Å². The van der Waals surface area contributed by atoms with Gasteiger partial charge in [-0.05, 0) is 125 Å². The van der Waals surface area contributed by atoms with Crippen LogP contribution >= 0.6 is 11.6 Å². The van der Waals surface area contributed by atoms with Gasteiger partial charge >= 0.3 is 0 Å². The molecule has 4 aromatic heterocycles. The van der Waals surface area contributed by atoms with Crippen LogP contribution in [0.15, 0.2) is 73.1 Å². The molecule has 0 bridgehead atoms. The first-order valence-electron chi connectivity index (χ1n) is 26.0. The minimum atomic E-state index is -0.766. The summed E-state index contributed by atoms with van der Waals surface area (Å²) in [6.07, 6.45) is 22.6. The van der Waals surface area contributed by atoms with Gasteiger partial charge in [-0.15, -0.1) is 0 Å². The number of nitrogens with one attached hydrogen (secondary N) is 5. The van der Waals surface area contributed by atoms with E-state index in [1.165, 1.54) is 56.0 Å². The van der Waals surface area contributed by atoms with E-state index in [4.69, 9.17) is 27.3 Å². The lowest BCUT2D eigenvalue weighted by Crippen LogP contribution is -2.52. The highest BCUT2D eigenvalue weighted by Gasteiger charge is 2.43. The van der Waals surface area contributed by atoms with Gasteiger partial charge in [0.15, 0.2) is 0 Å². The van der Waals surface area contributed by atoms with Crippen LogP contribution in [0.1, 0.15) is 157 Å². The van der Waals surface area contributed by atoms with Gasteiger partial charge in [0.1, 0.15) is 34.3 Å². The van der Waals surface area contributed by atoms with Gasteiger partial charge in [0, 0.05) is 60.4 Å². The van der Waals surface area contributed by atoms with Gasteiger partial charge < -0.3 is 41.5 Å². The first kappa shape index (κ1) is 50.0. The van der Waals surface area contributed by atoms with Gasteiger partial charge in [-0.25, -0.2) is 18.7 Å². The Hall–Kier alpha value is -6.53. The summed E-state index contributed by atoms with van der Waals surface area (Å²) in [4.78, 5) is 66.8. The smallest absolute Gasteiger partial charge is 0.268 e. The summed E-state index contributed by atoms with van der Waals surface area (Å²) in [5, 5.41) is 17.2. The molecule has 384 valence electrons. The van der Waals surface area contributed by atoms with Crippen LogP contribution in [-0.4, -0.2) is 89.3 Å². The molecule has 3 amide bonds. The highest BCUT2D eigenvalue weighted by Crippen LogP contribution is 2.42. The number of carbonyl (C=O) groups excluding carboxylic acids is 4. The summed E-state index contributed by atoms with van der Waals surface area (Å²) in [5.41, 5.74) is 9.01. The largest absolute Gasteiger partial charge is 0.351 e. The van der Waals surface area contributed by atoms with Crippen molar-refractivity contribution >= 4 is 68.5 Å². The van der Waals surface area contributed by atoms with Crippen LogP contribution in [0.3, 0.4) is 0 Å². The van der Waals surface area contributed by atoms with Gasteiger partial charge in [-0.1, -0.05) is 62.8 Å². The van der Waals surface area contributed by atoms with E-state index in [2.05, 4.69) is 45.7 Å². The summed E-state index contributed by atoms with van der Waals surface area (Å²) in [6, 6.07) is 16.4. The summed E-state index contributed by atoms with van der Waals surface area (Å²) >= 11 is 5.03. The van der Waals surface area contributed by atoms with Crippen molar-refractivity contribution in [1.29, 1.82) is 0 Å². The fourth-order valence-electron chi connectivity index (χ4n) is 12.0. The number of amides is 3. The average Bonchev–Trinajstić information content (AvgIpc) is 4.00. The van der Waals surface area contributed by atoms with Crippen molar-refractivity contribution in [1.82, 2.24) is 45.0 Å². The third-order valence-corrected chi connectivity index (χ3v) is 16.1. The zero-order valence-corrected chi connectivity index (χ0v) is 41.7. The molecule has 4 fully saturated rings. The molecule has 6 aliphatic rings. The van der Waals surface area contributed by atoms with Crippen molar-refractivity contribution < 1.29 is 28.0 Å². The Balaban J connectivity index is 0.000000145. The number of fused-ring (bicyclic) bond motifs is 8. The molecule has 7 N–H and O–H groups in total. The molecule has 16 nitrogen and oxygen atoms in total. The Morgan fingerprint density at radius 2 is 1.04 bits per heavy atom. The minimum absolute atomic E-state index is 0.0000224. The van der Waals surface area contributed by atoms with E-state index in [0.717, 1.165) is 118 Å². The second-order valence-corrected chi connectivity index (χ2v) is 21.1. The first-order chi connectivity index (χ1) is 35.4. The summed E-state index contributed by atoms with van der Waals surface area (Å²) in [5.74, 6) is -0.258. The molecular weight excluding hydrogens is 954 g/mol. The molecule has 6 aromatic rings. The molecule has 12 rings (SSSR count). The van der Waals surface area contributed by atoms with E-state index >= 15 is 0 Å². The number of benzene rings is 2. The lowest BCUT2D eigenvalue weighted by atomic mass is 9.80. The van der Waals surface area contributed by atoms with E-state index < -0.39 is 16.9 Å². The Bertz CT molecular complexity index is 3010. The molecule has 0 radical (unpaired) electrons. The SMILES string of the molecule is NC1CCC(Nc2ncc3cc4n(c3n2)C2(CCCCC2)CNC4=O)CC1.O=C(Cl)c1ccccc1F.O=C(NC1CCC(Nc2ncc3cc4n(c3n2)C2(CCCCC2)CNC4=O)CC1)c1ccccc1F. The maximum absolute atomic E-state index is 13.9. The van der Waals surface area contributed by atoms with Crippen LogP contribution in [0.4, 0.5) is 20.7 Å². The summed E-state index contributed by atoms with van der Waals surface area (Å²) in [7, 11) is 0. The number of aromatic nitrogens is 6. The second kappa shape index (κ2) is 21.5. The van der Waals surface area contributed by atoms with E-state index in [1.807, 2.05) is 18.3 Å². The molecule has 2 spiro atoms. The lowest BCUT2D eigenvalue weighted by Gasteiger charge is -2.42. The predicted molar refractivity (Wildman–Crippen MR) is 276 cm³/mol. The molecule has 4 saturated carbocycles. The van der Waals surface area contributed by atoms with Crippen LogP contribution in [0.2, 0.25) is 0 Å². The van der Waals surface area contributed by atoms with E-state index in [0.29, 0.717) is 42.8 Å².